The van der Waals surface area contributed by atoms with E-state index in [1.165, 1.54) is 0 Å². The molecule has 106 valence electrons. The molecule has 0 spiro atoms. The SMILES string of the molecule is NC(=O)[C@@H]1CC=CC[C@@H]1NC(=O)OCc1ccccc1. The second kappa shape index (κ2) is 6.75. The highest BCUT2D eigenvalue weighted by Crippen LogP contribution is 2.18. The number of nitrogens with one attached hydrogen (secondary N) is 1. The van der Waals surface area contributed by atoms with Gasteiger partial charge < -0.3 is 15.8 Å². The molecule has 5 nitrogen and oxygen atoms in total. The summed E-state index contributed by atoms with van der Waals surface area (Å²) >= 11 is 0. The number of amides is 2. The smallest absolute Gasteiger partial charge is 0.407 e. The van der Waals surface area contributed by atoms with Crippen LogP contribution < -0.4 is 11.1 Å². The summed E-state index contributed by atoms with van der Waals surface area (Å²) < 4.78 is 5.13. The number of carbonyl (C=O) groups is 2. The Balaban J connectivity index is 1.84. The van der Waals surface area contributed by atoms with Gasteiger partial charge in [0.25, 0.3) is 0 Å². The molecular weight excluding hydrogens is 256 g/mol. The lowest BCUT2D eigenvalue weighted by atomic mass is 9.88. The third-order valence-corrected chi connectivity index (χ3v) is 3.31. The fraction of sp³-hybridized carbons (Fsp3) is 0.333. The number of allylic oxidation sites excluding steroid dienone is 1. The topological polar surface area (TPSA) is 81.4 Å². The van der Waals surface area contributed by atoms with Crippen LogP contribution in [0, 0.1) is 5.92 Å². The van der Waals surface area contributed by atoms with Gasteiger partial charge in [0.1, 0.15) is 6.61 Å². The van der Waals surface area contributed by atoms with Crippen LogP contribution in [0.4, 0.5) is 4.79 Å². The van der Waals surface area contributed by atoms with Crippen LogP contribution in [0.25, 0.3) is 0 Å². The average molecular weight is 274 g/mol. The number of hydrogen-bond donors (Lipinski definition) is 2. The number of primary amides is 1. The number of benzene rings is 1. The second-order valence-electron chi connectivity index (χ2n) is 4.76. The van der Waals surface area contributed by atoms with E-state index < -0.39 is 12.0 Å². The summed E-state index contributed by atoms with van der Waals surface area (Å²) in [6.45, 7) is 0.205. The lowest BCUT2D eigenvalue weighted by molar-refractivity contribution is -0.122. The molecule has 20 heavy (non-hydrogen) atoms. The molecule has 1 aromatic rings. The minimum absolute atomic E-state index is 0.205. The van der Waals surface area contributed by atoms with Gasteiger partial charge in [-0.05, 0) is 18.4 Å². The monoisotopic (exact) mass is 274 g/mol. The van der Waals surface area contributed by atoms with Gasteiger partial charge in [-0.3, -0.25) is 4.79 Å². The molecule has 0 unspecified atom stereocenters. The van der Waals surface area contributed by atoms with Crippen LogP contribution in [-0.2, 0) is 16.1 Å². The summed E-state index contributed by atoms with van der Waals surface area (Å²) in [6, 6.07) is 9.12. The first-order valence-corrected chi connectivity index (χ1v) is 6.58. The minimum atomic E-state index is -0.527. The molecule has 1 aliphatic rings. The lowest BCUT2D eigenvalue weighted by Crippen LogP contribution is -2.46. The van der Waals surface area contributed by atoms with Gasteiger partial charge >= 0.3 is 6.09 Å². The fourth-order valence-electron chi connectivity index (χ4n) is 2.20. The summed E-state index contributed by atoms with van der Waals surface area (Å²) in [4.78, 5) is 23.1. The molecule has 2 atom stereocenters. The molecular formula is C15H18N2O3. The number of carbonyl (C=O) groups excluding carboxylic acids is 2. The van der Waals surface area contributed by atoms with Crippen LogP contribution in [0.15, 0.2) is 42.5 Å². The van der Waals surface area contributed by atoms with E-state index >= 15 is 0 Å². The maximum absolute atomic E-state index is 11.7. The van der Waals surface area contributed by atoms with E-state index in [0.717, 1.165) is 5.56 Å². The highest BCUT2D eigenvalue weighted by Gasteiger charge is 2.28. The van der Waals surface area contributed by atoms with Gasteiger partial charge in [-0.1, -0.05) is 42.5 Å². The predicted octanol–water partition coefficient (Wildman–Crippen LogP) is 1.73. The summed E-state index contributed by atoms with van der Waals surface area (Å²) in [7, 11) is 0. The highest BCUT2D eigenvalue weighted by atomic mass is 16.5. The second-order valence-corrected chi connectivity index (χ2v) is 4.76. The van der Waals surface area contributed by atoms with Crippen LogP contribution in [0.5, 0.6) is 0 Å². The van der Waals surface area contributed by atoms with Gasteiger partial charge in [0.2, 0.25) is 5.91 Å². The normalized spacial score (nSPS) is 21.2. The molecule has 0 saturated carbocycles. The average Bonchev–Trinajstić information content (AvgIpc) is 2.46. The largest absolute Gasteiger partial charge is 0.445 e. The zero-order valence-electron chi connectivity index (χ0n) is 11.1. The molecule has 0 saturated heterocycles. The van der Waals surface area contributed by atoms with E-state index in [9.17, 15) is 9.59 Å². The molecule has 0 fully saturated rings. The highest BCUT2D eigenvalue weighted by molar-refractivity contribution is 5.79. The summed E-state index contributed by atoms with van der Waals surface area (Å²) in [5, 5.41) is 2.71. The zero-order valence-corrected chi connectivity index (χ0v) is 11.1. The molecule has 1 aromatic carbocycles. The van der Waals surface area contributed by atoms with Gasteiger partial charge in [0.05, 0.1) is 5.92 Å². The molecule has 0 aliphatic heterocycles. The van der Waals surface area contributed by atoms with Crippen molar-refractivity contribution in [1.29, 1.82) is 0 Å². The Labute approximate surface area is 117 Å². The number of rotatable bonds is 4. The van der Waals surface area contributed by atoms with Crippen molar-refractivity contribution in [3.63, 3.8) is 0 Å². The van der Waals surface area contributed by atoms with Crippen molar-refractivity contribution >= 4 is 12.0 Å². The summed E-state index contributed by atoms with van der Waals surface area (Å²) in [5.41, 5.74) is 6.25. The quantitative estimate of drug-likeness (QED) is 0.820. The Bertz CT molecular complexity index is 499. The Kier molecular flexibility index (Phi) is 4.76. The lowest BCUT2D eigenvalue weighted by Gasteiger charge is -2.26. The maximum atomic E-state index is 11.7. The third kappa shape index (κ3) is 3.85. The van der Waals surface area contributed by atoms with Crippen molar-refractivity contribution < 1.29 is 14.3 Å². The molecule has 2 amide bonds. The van der Waals surface area contributed by atoms with Crippen LogP contribution in [0.1, 0.15) is 18.4 Å². The summed E-state index contributed by atoms with van der Waals surface area (Å²) in [6.07, 6.45) is 4.46. The number of alkyl carbamates (subject to hydrolysis) is 1. The van der Waals surface area contributed by atoms with Crippen molar-refractivity contribution in [3.05, 3.63) is 48.0 Å². The fourth-order valence-corrected chi connectivity index (χ4v) is 2.20. The van der Waals surface area contributed by atoms with Gasteiger partial charge in [-0.25, -0.2) is 4.79 Å². The van der Waals surface area contributed by atoms with Crippen molar-refractivity contribution in [2.45, 2.75) is 25.5 Å². The standard InChI is InChI=1S/C15H18N2O3/c16-14(18)12-8-4-5-9-13(12)17-15(19)20-10-11-6-2-1-3-7-11/h1-7,12-13H,8-10H2,(H2,16,18)(H,17,19)/t12-,13+/m1/s1. The number of nitrogens with two attached hydrogens (primary N) is 1. The van der Waals surface area contributed by atoms with Crippen LogP contribution in [0.2, 0.25) is 0 Å². The Morgan fingerprint density at radius 1 is 1.20 bits per heavy atom. The third-order valence-electron chi connectivity index (χ3n) is 3.31. The zero-order chi connectivity index (χ0) is 14.4. The maximum Gasteiger partial charge on any atom is 0.407 e. The molecule has 0 heterocycles. The van der Waals surface area contributed by atoms with Gasteiger partial charge in [-0.15, -0.1) is 0 Å². The van der Waals surface area contributed by atoms with Crippen LogP contribution in [0.3, 0.4) is 0 Å². The Hall–Kier alpha value is -2.30. The first-order valence-electron chi connectivity index (χ1n) is 6.58. The Morgan fingerprint density at radius 2 is 1.90 bits per heavy atom. The van der Waals surface area contributed by atoms with E-state index in [1.54, 1.807) is 0 Å². The predicted molar refractivity (Wildman–Crippen MR) is 74.6 cm³/mol. The molecule has 0 radical (unpaired) electrons. The Morgan fingerprint density at radius 3 is 2.60 bits per heavy atom. The molecule has 5 heteroatoms. The van der Waals surface area contributed by atoms with Crippen LogP contribution in [-0.4, -0.2) is 18.0 Å². The molecule has 2 rings (SSSR count). The molecule has 3 N–H and O–H groups in total. The first-order chi connectivity index (χ1) is 9.66. The number of hydrogen-bond acceptors (Lipinski definition) is 3. The van der Waals surface area contributed by atoms with Crippen LogP contribution >= 0.6 is 0 Å². The first kappa shape index (κ1) is 14.1. The van der Waals surface area contributed by atoms with Gasteiger partial charge in [0, 0.05) is 6.04 Å². The van der Waals surface area contributed by atoms with E-state index in [0.29, 0.717) is 12.8 Å². The van der Waals surface area contributed by atoms with E-state index in [1.807, 2.05) is 42.5 Å². The van der Waals surface area contributed by atoms with Gasteiger partial charge in [-0.2, -0.15) is 0 Å². The van der Waals surface area contributed by atoms with E-state index in [-0.39, 0.29) is 18.6 Å². The minimum Gasteiger partial charge on any atom is -0.445 e. The van der Waals surface area contributed by atoms with Gasteiger partial charge in [0.15, 0.2) is 0 Å². The number of ether oxygens (including phenoxy) is 1. The van der Waals surface area contributed by atoms with E-state index in [4.69, 9.17) is 10.5 Å². The van der Waals surface area contributed by atoms with Crippen molar-refractivity contribution in [2.24, 2.45) is 11.7 Å². The van der Waals surface area contributed by atoms with Crippen molar-refractivity contribution in [1.82, 2.24) is 5.32 Å². The molecule has 0 bridgehead atoms. The molecule has 1 aliphatic carbocycles. The van der Waals surface area contributed by atoms with E-state index in [2.05, 4.69) is 5.32 Å². The van der Waals surface area contributed by atoms with Crippen molar-refractivity contribution in [2.75, 3.05) is 0 Å². The van der Waals surface area contributed by atoms with Crippen molar-refractivity contribution in [3.8, 4) is 0 Å². The molecule has 0 aromatic heterocycles. The summed E-state index contributed by atoms with van der Waals surface area (Å²) in [5.74, 6) is -0.771.